The number of aryl methyl sites for hydroxylation is 1. The molecule has 1 saturated heterocycles. The number of nitrogens with zero attached hydrogens (tertiary/aromatic N) is 3. The number of nitrogens with one attached hydrogen (secondary N) is 1. The van der Waals surface area contributed by atoms with E-state index in [1.807, 2.05) is 12.1 Å². The first-order valence-corrected chi connectivity index (χ1v) is 9.25. The third-order valence-corrected chi connectivity index (χ3v) is 4.79. The van der Waals surface area contributed by atoms with Crippen molar-refractivity contribution < 1.29 is 9.53 Å². The largest absolute Gasteiger partial charge is 0.376 e. The molecule has 7 nitrogen and oxygen atoms in total. The summed E-state index contributed by atoms with van der Waals surface area (Å²) < 4.78 is 7.51. The van der Waals surface area contributed by atoms with Crippen LogP contribution in [-0.4, -0.2) is 39.7 Å². The van der Waals surface area contributed by atoms with Gasteiger partial charge < -0.3 is 19.5 Å². The Labute approximate surface area is 160 Å². The van der Waals surface area contributed by atoms with Gasteiger partial charge in [0.05, 0.1) is 16.3 Å². The van der Waals surface area contributed by atoms with Crippen LogP contribution in [0.4, 0.5) is 10.5 Å². The Morgan fingerprint density at radius 1 is 1.54 bits per heavy atom. The molecule has 2 aromatic rings. The minimum Gasteiger partial charge on any atom is -0.376 e. The fraction of sp³-hybridized carbons (Fsp3) is 0.389. The van der Waals surface area contributed by atoms with E-state index in [1.54, 1.807) is 36.6 Å². The maximum Gasteiger partial charge on any atom is 0.322 e. The molecule has 3 heterocycles. The highest BCUT2D eigenvalue weighted by Crippen LogP contribution is 2.17. The number of amides is 2. The molecule has 0 spiro atoms. The second-order valence-electron chi connectivity index (χ2n) is 6.30. The molecule has 0 bridgehead atoms. The van der Waals surface area contributed by atoms with Gasteiger partial charge in [0.1, 0.15) is 0 Å². The van der Waals surface area contributed by atoms with Crippen molar-refractivity contribution in [3.05, 3.63) is 57.2 Å². The normalized spacial score (nSPS) is 16.5. The average Bonchev–Trinajstić information content (AvgIpc) is 3.13. The Balaban J connectivity index is 1.76. The van der Waals surface area contributed by atoms with E-state index in [9.17, 15) is 9.59 Å². The summed E-state index contributed by atoms with van der Waals surface area (Å²) in [5.41, 5.74) is 1.34. The summed E-state index contributed by atoms with van der Waals surface area (Å²) in [5.74, 6) is 0. The van der Waals surface area contributed by atoms with Gasteiger partial charge in [0.15, 0.2) is 0 Å². The number of hydrogen-bond donors (Lipinski definition) is 1. The predicted molar refractivity (Wildman–Crippen MR) is 102 cm³/mol. The number of urea groups is 1. The van der Waals surface area contributed by atoms with Gasteiger partial charge in [-0.05, 0) is 46.5 Å². The number of carbonyl (C=O) groups is 1. The van der Waals surface area contributed by atoms with E-state index >= 15 is 0 Å². The summed E-state index contributed by atoms with van der Waals surface area (Å²) in [5, 5.41) is 2.87. The van der Waals surface area contributed by atoms with Crippen LogP contribution >= 0.6 is 15.9 Å². The molecule has 1 atom stereocenters. The number of anilines is 1. The highest BCUT2D eigenvalue weighted by Gasteiger charge is 2.23. The van der Waals surface area contributed by atoms with E-state index < -0.39 is 0 Å². The molecule has 0 aliphatic carbocycles. The van der Waals surface area contributed by atoms with E-state index in [0.717, 1.165) is 25.0 Å². The van der Waals surface area contributed by atoms with Crippen LogP contribution in [0, 0.1) is 0 Å². The molecule has 2 aromatic heterocycles. The van der Waals surface area contributed by atoms with Crippen LogP contribution in [0.25, 0.3) is 0 Å². The first kappa shape index (κ1) is 18.6. The van der Waals surface area contributed by atoms with Crippen LogP contribution in [-0.2, 0) is 18.3 Å². The zero-order valence-electron chi connectivity index (χ0n) is 14.5. The van der Waals surface area contributed by atoms with Crippen LogP contribution in [0.5, 0.6) is 0 Å². The van der Waals surface area contributed by atoms with Crippen molar-refractivity contribution in [2.75, 3.05) is 18.5 Å². The first-order valence-electron chi connectivity index (χ1n) is 8.45. The number of pyridine rings is 2. The lowest BCUT2D eigenvalue weighted by Crippen LogP contribution is -2.39. The number of ether oxygens (including phenoxy) is 1. The third-order valence-electron chi connectivity index (χ3n) is 4.22. The summed E-state index contributed by atoms with van der Waals surface area (Å²) in [6.45, 7) is 1.68. The van der Waals surface area contributed by atoms with Crippen LogP contribution in [0.2, 0.25) is 0 Å². The maximum atomic E-state index is 12.8. The molecular weight excluding hydrogens is 400 g/mol. The Morgan fingerprint density at radius 3 is 3.04 bits per heavy atom. The van der Waals surface area contributed by atoms with Crippen LogP contribution in [0.3, 0.4) is 0 Å². The van der Waals surface area contributed by atoms with Gasteiger partial charge in [0.2, 0.25) is 0 Å². The number of carbonyl (C=O) groups excluding carboxylic acids is 1. The minimum absolute atomic E-state index is 0.0456. The molecule has 1 aliphatic rings. The van der Waals surface area contributed by atoms with Crippen molar-refractivity contribution in [3.63, 3.8) is 0 Å². The molecule has 138 valence electrons. The molecule has 1 fully saturated rings. The van der Waals surface area contributed by atoms with Gasteiger partial charge >= 0.3 is 6.03 Å². The van der Waals surface area contributed by atoms with E-state index in [4.69, 9.17) is 4.74 Å². The Hall–Kier alpha value is -2.19. The van der Waals surface area contributed by atoms with E-state index in [-0.39, 0.29) is 17.7 Å². The summed E-state index contributed by atoms with van der Waals surface area (Å²) >= 11 is 3.22. The van der Waals surface area contributed by atoms with E-state index in [2.05, 4.69) is 26.2 Å². The second kappa shape index (κ2) is 8.46. The van der Waals surface area contributed by atoms with Crippen molar-refractivity contribution >= 4 is 27.6 Å². The lowest BCUT2D eigenvalue weighted by Gasteiger charge is -2.26. The smallest absolute Gasteiger partial charge is 0.322 e. The summed E-state index contributed by atoms with van der Waals surface area (Å²) in [7, 11) is 1.64. The summed E-state index contributed by atoms with van der Waals surface area (Å²) in [6, 6.07) is 5.15. The molecule has 0 radical (unpaired) electrons. The molecule has 0 aromatic carbocycles. The zero-order valence-corrected chi connectivity index (χ0v) is 16.1. The number of halogens is 1. The number of hydrogen-bond acceptors (Lipinski definition) is 4. The summed E-state index contributed by atoms with van der Waals surface area (Å²) in [4.78, 5) is 30.5. The molecule has 1 aliphatic heterocycles. The highest BCUT2D eigenvalue weighted by molar-refractivity contribution is 9.10. The van der Waals surface area contributed by atoms with E-state index in [0.29, 0.717) is 23.2 Å². The average molecular weight is 421 g/mol. The molecule has 3 rings (SSSR count). The van der Waals surface area contributed by atoms with E-state index in [1.165, 1.54) is 4.57 Å². The molecule has 2 amide bonds. The van der Waals surface area contributed by atoms with Crippen molar-refractivity contribution in [1.82, 2.24) is 14.5 Å². The number of rotatable bonds is 5. The lowest BCUT2D eigenvalue weighted by molar-refractivity contribution is 0.0819. The molecule has 8 heteroatoms. The van der Waals surface area contributed by atoms with Crippen molar-refractivity contribution in [3.8, 4) is 0 Å². The van der Waals surface area contributed by atoms with Crippen molar-refractivity contribution in [2.45, 2.75) is 25.5 Å². The molecule has 0 unspecified atom stereocenters. The predicted octanol–water partition coefficient (Wildman–Crippen LogP) is 2.76. The number of aromatic nitrogens is 2. The maximum absolute atomic E-state index is 12.8. The van der Waals surface area contributed by atoms with Gasteiger partial charge in [-0.15, -0.1) is 0 Å². The molecule has 1 N–H and O–H groups in total. The summed E-state index contributed by atoms with van der Waals surface area (Å²) in [6.07, 6.45) is 7.06. The van der Waals surface area contributed by atoms with Crippen molar-refractivity contribution in [2.24, 2.45) is 7.05 Å². The van der Waals surface area contributed by atoms with Gasteiger partial charge in [0, 0.05) is 45.3 Å². The Bertz CT molecular complexity index is 793. The minimum atomic E-state index is -0.241. The van der Waals surface area contributed by atoms with Crippen molar-refractivity contribution in [1.29, 1.82) is 0 Å². The molecule has 0 saturated carbocycles. The second-order valence-corrected chi connectivity index (χ2v) is 7.15. The topological polar surface area (TPSA) is 76.5 Å². The zero-order chi connectivity index (χ0) is 18.5. The first-order chi connectivity index (χ1) is 12.5. The lowest BCUT2D eigenvalue weighted by atomic mass is 10.2. The monoisotopic (exact) mass is 420 g/mol. The standard InChI is InChI=1S/C18H21BrN4O3/c1-22-11-14(8-16(19)17(22)24)21-18(25)23(12-15-5-3-7-26-15)10-13-4-2-6-20-9-13/h2,4,6,8-9,11,15H,3,5,7,10,12H2,1H3,(H,21,25)/t15-/m1/s1. The quantitative estimate of drug-likeness (QED) is 0.806. The molecule has 26 heavy (non-hydrogen) atoms. The van der Waals surface area contributed by atoms with Gasteiger partial charge in [-0.1, -0.05) is 6.07 Å². The Morgan fingerprint density at radius 2 is 2.38 bits per heavy atom. The van der Waals surface area contributed by atoms with Crippen LogP contribution < -0.4 is 10.9 Å². The molecular formula is C18H21BrN4O3. The Kier molecular flexibility index (Phi) is 6.05. The van der Waals surface area contributed by atoms with Gasteiger partial charge in [-0.2, -0.15) is 0 Å². The van der Waals surface area contributed by atoms with Gasteiger partial charge in [-0.25, -0.2) is 4.79 Å². The van der Waals surface area contributed by atoms with Gasteiger partial charge in [0.25, 0.3) is 5.56 Å². The van der Waals surface area contributed by atoms with Crippen LogP contribution in [0.1, 0.15) is 18.4 Å². The SMILES string of the molecule is Cn1cc(NC(=O)N(Cc2cccnc2)C[C@H]2CCCO2)cc(Br)c1=O. The highest BCUT2D eigenvalue weighted by atomic mass is 79.9. The third kappa shape index (κ3) is 4.70. The fourth-order valence-electron chi connectivity index (χ4n) is 2.91. The van der Waals surface area contributed by atoms with Crippen LogP contribution in [0.15, 0.2) is 46.1 Å². The fourth-order valence-corrected chi connectivity index (χ4v) is 3.43. The van der Waals surface area contributed by atoms with Gasteiger partial charge in [-0.3, -0.25) is 9.78 Å².